The average molecular weight is 490 g/mol. The van der Waals surface area contributed by atoms with Crippen LogP contribution >= 0.6 is 0 Å². The number of benzene rings is 1. The van der Waals surface area contributed by atoms with E-state index in [2.05, 4.69) is 15.6 Å². The van der Waals surface area contributed by atoms with Crippen molar-refractivity contribution in [3.8, 4) is 0 Å². The highest BCUT2D eigenvalue weighted by atomic mass is 19.1. The zero-order chi connectivity index (χ0) is 25.1. The Bertz CT molecular complexity index is 1470. The molecule has 36 heavy (non-hydrogen) atoms. The highest BCUT2D eigenvalue weighted by Gasteiger charge is 2.39. The highest BCUT2D eigenvalue weighted by Crippen LogP contribution is 2.37. The average Bonchev–Trinajstić information content (AvgIpc) is 3.31. The van der Waals surface area contributed by atoms with Gasteiger partial charge in [0.1, 0.15) is 11.7 Å². The summed E-state index contributed by atoms with van der Waals surface area (Å²) in [5, 5.41) is 5.50. The number of aryl methyl sites for hydroxylation is 1. The first-order valence-corrected chi connectivity index (χ1v) is 12.1. The number of carbonyl (C=O) groups excluding carboxylic acids is 4. The van der Waals surface area contributed by atoms with Crippen LogP contribution in [0, 0.1) is 12.7 Å². The van der Waals surface area contributed by atoms with E-state index in [0.717, 1.165) is 19.3 Å². The predicted octanol–water partition coefficient (Wildman–Crippen LogP) is 3.22. The first-order valence-electron chi connectivity index (χ1n) is 12.1. The molecule has 2 aromatic heterocycles. The zero-order valence-corrected chi connectivity index (χ0v) is 19.6. The Morgan fingerprint density at radius 3 is 2.72 bits per heavy atom. The molecule has 3 aromatic rings. The molecule has 4 amide bonds. The van der Waals surface area contributed by atoms with Gasteiger partial charge in [0, 0.05) is 36.3 Å². The molecule has 0 bridgehead atoms. The summed E-state index contributed by atoms with van der Waals surface area (Å²) >= 11 is 0. The molecule has 2 fully saturated rings. The van der Waals surface area contributed by atoms with Gasteiger partial charge < -0.3 is 14.8 Å². The number of nitrogens with zero attached hydrogens (tertiary/aromatic N) is 3. The molecule has 4 heterocycles. The summed E-state index contributed by atoms with van der Waals surface area (Å²) in [4.78, 5) is 55.6. The van der Waals surface area contributed by atoms with Gasteiger partial charge in [-0.05, 0) is 61.9 Å². The lowest BCUT2D eigenvalue weighted by atomic mass is 9.93. The van der Waals surface area contributed by atoms with E-state index in [0.29, 0.717) is 39.0 Å². The summed E-state index contributed by atoms with van der Waals surface area (Å²) in [5.41, 5.74) is 2.99. The molecule has 9 nitrogen and oxygen atoms in total. The lowest BCUT2D eigenvalue weighted by Crippen LogP contribution is -2.52. The summed E-state index contributed by atoms with van der Waals surface area (Å²) in [6.07, 6.45) is 6.61. The van der Waals surface area contributed by atoms with Gasteiger partial charge in [-0.25, -0.2) is 9.37 Å². The molecule has 1 atom stereocenters. The SMILES string of the molecule is Cc1c(NC(=O)c2ccc3c(c2)CN(C2CCC(=O)NC2=O)C3=O)cnc2c1c(F)cn2C1CCC1. The van der Waals surface area contributed by atoms with E-state index in [-0.39, 0.29) is 43.1 Å². The number of nitrogens with one attached hydrogen (secondary N) is 2. The van der Waals surface area contributed by atoms with Crippen LogP contribution in [0.1, 0.15) is 70.0 Å². The first kappa shape index (κ1) is 22.4. The Morgan fingerprint density at radius 1 is 1.19 bits per heavy atom. The van der Waals surface area contributed by atoms with Crippen LogP contribution in [0.25, 0.3) is 11.0 Å². The van der Waals surface area contributed by atoms with E-state index in [1.165, 1.54) is 11.1 Å². The monoisotopic (exact) mass is 489 g/mol. The molecule has 3 aliphatic rings. The van der Waals surface area contributed by atoms with Crippen LogP contribution in [0.2, 0.25) is 0 Å². The van der Waals surface area contributed by atoms with E-state index < -0.39 is 17.9 Å². The van der Waals surface area contributed by atoms with Gasteiger partial charge in [0.25, 0.3) is 11.8 Å². The smallest absolute Gasteiger partial charge is 0.255 e. The summed E-state index contributed by atoms with van der Waals surface area (Å²) in [6.45, 7) is 1.93. The second kappa shape index (κ2) is 8.25. The first-order chi connectivity index (χ1) is 17.3. The molecule has 2 N–H and O–H groups in total. The van der Waals surface area contributed by atoms with Gasteiger partial charge in [0.05, 0.1) is 17.3 Å². The maximum absolute atomic E-state index is 14.8. The summed E-state index contributed by atoms with van der Waals surface area (Å²) in [7, 11) is 0. The fourth-order valence-electron chi connectivity index (χ4n) is 5.30. The number of imide groups is 1. The Kier molecular flexibility index (Phi) is 5.13. The standard InChI is InChI=1S/C26H24FN5O4/c1-13-19(10-28-23-22(13)18(27)12-31(23)16-3-2-4-16)29-24(34)14-5-6-17-15(9-14)11-32(26(17)36)20-7-8-21(33)30-25(20)35/h5-6,9-10,12,16,20H,2-4,7-8,11H2,1H3,(H,29,34)(H,30,33,35). The minimum atomic E-state index is -0.720. The Morgan fingerprint density at radius 2 is 2.00 bits per heavy atom. The molecule has 0 radical (unpaired) electrons. The van der Waals surface area contributed by atoms with Crippen LogP contribution in [0.4, 0.5) is 10.1 Å². The molecule has 10 heteroatoms. The van der Waals surface area contributed by atoms with Gasteiger partial charge in [-0.1, -0.05) is 0 Å². The number of aromatic nitrogens is 2. The van der Waals surface area contributed by atoms with Crippen molar-refractivity contribution >= 4 is 40.3 Å². The molecular weight excluding hydrogens is 465 g/mol. The molecule has 0 spiro atoms. The molecule has 1 saturated heterocycles. The topological polar surface area (TPSA) is 113 Å². The van der Waals surface area contributed by atoms with Crippen molar-refractivity contribution in [3.63, 3.8) is 0 Å². The molecular formula is C26H24FN5O4. The van der Waals surface area contributed by atoms with Crippen LogP contribution in [0.3, 0.4) is 0 Å². The summed E-state index contributed by atoms with van der Waals surface area (Å²) < 4.78 is 16.7. The second-order valence-corrected chi connectivity index (χ2v) is 9.69. The van der Waals surface area contributed by atoms with Crippen LogP contribution in [-0.2, 0) is 16.1 Å². The van der Waals surface area contributed by atoms with Crippen molar-refractivity contribution in [2.24, 2.45) is 0 Å². The number of fused-ring (bicyclic) bond motifs is 2. The largest absolute Gasteiger partial charge is 0.326 e. The van der Waals surface area contributed by atoms with E-state index in [1.54, 1.807) is 31.3 Å². The van der Waals surface area contributed by atoms with E-state index in [9.17, 15) is 23.6 Å². The van der Waals surface area contributed by atoms with Crippen molar-refractivity contribution < 1.29 is 23.6 Å². The fraction of sp³-hybridized carbons (Fsp3) is 0.346. The number of piperidine rings is 1. The summed E-state index contributed by atoms with van der Waals surface area (Å²) in [5.74, 6) is -1.90. The van der Waals surface area contributed by atoms with E-state index in [1.807, 2.05) is 4.57 Å². The third-order valence-electron chi connectivity index (χ3n) is 7.56. The third kappa shape index (κ3) is 3.47. The minimum Gasteiger partial charge on any atom is -0.326 e. The van der Waals surface area contributed by atoms with Crippen LogP contribution < -0.4 is 10.6 Å². The molecule has 6 rings (SSSR count). The third-order valence-corrected chi connectivity index (χ3v) is 7.56. The maximum atomic E-state index is 14.8. The van der Waals surface area contributed by atoms with Gasteiger partial charge in [0.2, 0.25) is 11.8 Å². The lowest BCUT2D eigenvalue weighted by molar-refractivity contribution is -0.136. The molecule has 184 valence electrons. The number of halogens is 1. The van der Waals surface area contributed by atoms with Crippen molar-refractivity contribution in [3.05, 3.63) is 58.7 Å². The van der Waals surface area contributed by atoms with Gasteiger partial charge >= 0.3 is 0 Å². The van der Waals surface area contributed by atoms with Gasteiger partial charge in [0.15, 0.2) is 5.82 Å². The Balaban J connectivity index is 1.23. The normalized spacial score (nSPS) is 19.9. The van der Waals surface area contributed by atoms with Crippen LogP contribution in [-0.4, -0.2) is 44.1 Å². The second-order valence-electron chi connectivity index (χ2n) is 9.69. The van der Waals surface area contributed by atoms with Gasteiger partial charge in [-0.3, -0.25) is 24.5 Å². The molecule has 1 aliphatic carbocycles. The van der Waals surface area contributed by atoms with E-state index in [4.69, 9.17) is 0 Å². The van der Waals surface area contributed by atoms with Crippen molar-refractivity contribution in [1.82, 2.24) is 19.8 Å². The number of hydrogen-bond acceptors (Lipinski definition) is 5. The minimum absolute atomic E-state index is 0.173. The number of hydrogen-bond donors (Lipinski definition) is 2. The quantitative estimate of drug-likeness (QED) is 0.547. The number of pyridine rings is 1. The van der Waals surface area contributed by atoms with Crippen molar-refractivity contribution in [2.75, 3.05) is 5.32 Å². The summed E-state index contributed by atoms with van der Waals surface area (Å²) in [6, 6.07) is 4.30. The molecule has 1 unspecified atom stereocenters. The van der Waals surface area contributed by atoms with Crippen molar-refractivity contribution in [2.45, 2.75) is 57.7 Å². The number of amides is 4. The van der Waals surface area contributed by atoms with Crippen LogP contribution in [0.15, 0.2) is 30.6 Å². The highest BCUT2D eigenvalue weighted by molar-refractivity contribution is 6.08. The van der Waals surface area contributed by atoms with Crippen molar-refractivity contribution in [1.29, 1.82) is 0 Å². The van der Waals surface area contributed by atoms with E-state index >= 15 is 0 Å². The zero-order valence-electron chi connectivity index (χ0n) is 19.6. The number of anilines is 1. The fourth-order valence-corrected chi connectivity index (χ4v) is 5.30. The van der Waals surface area contributed by atoms with Gasteiger partial charge in [-0.2, -0.15) is 0 Å². The Hall–Kier alpha value is -4.08. The number of rotatable bonds is 4. The predicted molar refractivity (Wildman–Crippen MR) is 128 cm³/mol. The molecule has 2 aliphatic heterocycles. The van der Waals surface area contributed by atoms with Crippen LogP contribution in [0.5, 0.6) is 0 Å². The maximum Gasteiger partial charge on any atom is 0.255 e. The van der Waals surface area contributed by atoms with Gasteiger partial charge in [-0.15, -0.1) is 0 Å². The number of carbonyl (C=O) groups is 4. The Labute approximate surface area is 205 Å². The molecule has 1 aromatic carbocycles. The lowest BCUT2D eigenvalue weighted by Gasteiger charge is -2.29. The molecule has 1 saturated carbocycles.